The number of likely N-dealkylation sites (N-methyl/N-ethyl adjacent to an activating group) is 1. The Morgan fingerprint density at radius 3 is 2.68 bits per heavy atom. The van der Waals surface area contributed by atoms with Crippen LogP contribution in [-0.2, 0) is 6.42 Å². The Morgan fingerprint density at radius 1 is 1.03 bits per heavy atom. The first kappa shape index (κ1) is 23.2. The van der Waals surface area contributed by atoms with E-state index in [0.717, 1.165) is 54.2 Å². The number of aliphatic hydroxyl groups is 1. The number of likely N-dealkylation sites (tertiary alicyclic amines) is 1. The molecule has 2 aromatic carbocycles. The number of fused-ring (bicyclic) bond motifs is 4. The van der Waals surface area contributed by atoms with Gasteiger partial charge >= 0.3 is 6.01 Å². The maximum Gasteiger partial charge on any atom is 0.319 e. The summed E-state index contributed by atoms with van der Waals surface area (Å²) < 4.78 is 6.27. The van der Waals surface area contributed by atoms with Crippen molar-refractivity contribution in [3.8, 4) is 6.01 Å². The minimum atomic E-state index is -0.398. The highest BCUT2D eigenvalue weighted by atomic mass is 16.5. The number of benzene rings is 2. The van der Waals surface area contributed by atoms with Crippen LogP contribution in [0, 0.1) is 0 Å². The summed E-state index contributed by atoms with van der Waals surface area (Å²) in [7, 11) is 2.17. The van der Waals surface area contributed by atoms with Gasteiger partial charge in [0.05, 0.1) is 11.6 Å². The standard InChI is InChI=1S/C29H36N6O2/c1-33-12-4-6-23(33)18-37-29-31-26-14-22(35-17-24(36)13-19-5-2-3-7-27(19)35)10-11-25(26)28(32-29)34-15-20-8-9-21(16-34)30-20/h2-3,5,7,10-11,14,20-21,23-24,30,36H,4,6,8-9,12-13,15-18H2,1H3/t20-,21+,23-,24?/m1/s1. The molecule has 0 radical (unpaired) electrons. The second-order valence-corrected chi connectivity index (χ2v) is 11.3. The van der Waals surface area contributed by atoms with Crippen molar-refractivity contribution in [1.29, 1.82) is 0 Å². The van der Waals surface area contributed by atoms with Crippen LogP contribution in [0.4, 0.5) is 17.2 Å². The third-order valence-corrected chi connectivity index (χ3v) is 8.68. The molecule has 3 aromatic rings. The molecule has 0 aliphatic carbocycles. The van der Waals surface area contributed by atoms with Gasteiger partial charge in [0.15, 0.2) is 0 Å². The van der Waals surface area contributed by atoms with Crippen LogP contribution in [0.5, 0.6) is 6.01 Å². The van der Waals surface area contributed by atoms with E-state index >= 15 is 0 Å². The van der Waals surface area contributed by atoms with Crippen molar-refractivity contribution in [2.24, 2.45) is 0 Å². The molecule has 5 heterocycles. The highest BCUT2D eigenvalue weighted by molar-refractivity contribution is 5.93. The Kier molecular flexibility index (Phi) is 5.91. The van der Waals surface area contributed by atoms with E-state index in [9.17, 15) is 5.11 Å². The largest absolute Gasteiger partial charge is 0.462 e. The molecule has 37 heavy (non-hydrogen) atoms. The molecule has 8 nitrogen and oxygen atoms in total. The highest BCUT2D eigenvalue weighted by Crippen LogP contribution is 2.37. The van der Waals surface area contributed by atoms with Gasteiger partial charge in [-0.15, -0.1) is 0 Å². The number of hydrogen-bond acceptors (Lipinski definition) is 8. The third-order valence-electron chi connectivity index (χ3n) is 8.68. The summed E-state index contributed by atoms with van der Waals surface area (Å²) in [5, 5.41) is 15.4. The van der Waals surface area contributed by atoms with Crippen molar-refractivity contribution in [2.45, 2.75) is 56.3 Å². The SMILES string of the molecule is CN1CCC[C@@H]1COc1nc(N2C[C@H]3CC[C@@H](C2)N3)c2ccc(N3CC(O)Cc4ccccc43)cc2n1. The molecule has 194 valence electrons. The first-order valence-corrected chi connectivity index (χ1v) is 13.8. The van der Waals surface area contributed by atoms with Gasteiger partial charge in [-0.2, -0.15) is 9.97 Å². The Labute approximate surface area is 218 Å². The fraction of sp³-hybridized carbons (Fsp3) is 0.517. The van der Waals surface area contributed by atoms with Gasteiger partial charge in [0.2, 0.25) is 0 Å². The number of hydrogen-bond donors (Lipinski definition) is 2. The molecule has 0 spiro atoms. The number of nitrogens with one attached hydrogen (secondary N) is 1. The average Bonchev–Trinajstić information content (AvgIpc) is 3.49. The highest BCUT2D eigenvalue weighted by Gasteiger charge is 2.34. The molecule has 4 aliphatic rings. The summed E-state index contributed by atoms with van der Waals surface area (Å²) in [5.41, 5.74) is 4.25. The van der Waals surface area contributed by atoms with Crippen LogP contribution in [0.25, 0.3) is 10.9 Å². The summed E-state index contributed by atoms with van der Waals surface area (Å²) in [6.07, 6.45) is 5.10. The van der Waals surface area contributed by atoms with Crippen LogP contribution in [0.15, 0.2) is 42.5 Å². The molecular weight excluding hydrogens is 464 g/mol. The number of aliphatic hydroxyl groups excluding tert-OH is 1. The Hall–Kier alpha value is -2.94. The normalized spacial score (nSPS) is 27.6. The summed E-state index contributed by atoms with van der Waals surface area (Å²) in [4.78, 5) is 16.9. The maximum atomic E-state index is 10.6. The van der Waals surface area contributed by atoms with E-state index < -0.39 is 6.10 Å². The molecule has 1 aromatic heterocycles. The fourth-order valence-corrected chi connectivity index (χ4v) is 6.70. The first-order valence-electron chi connectivity index (χ1n) is 13.8. The van der Waals surface area contributed by atoms with Crippen molar-refractivity contribution in [2.75, 3.05) is 49.6 Å². The Morgan fingerprint density at radius 2 is 1.86 bits per heavy atom. The van der Waals surface area contributed by atoms with Crippen LogP contribution >= 0.6 is 0 Å². The van der Waals surface area contributed by atoms with Gasteiger partial charge < -0.3 is 29.9 Å². The van der Waals surface area contributed by atoms with Crippen molar-refractivity contribution >= 4 is 28.1 Å². The fourth-order valence-electron chi connectivity index (χ4n) is 6.70. The van der Waals surface area contributed by atoms with Crippen LogP contribution in [0.2, 0.25) is 0 Å². The van der Waals surface area contributed by atoms with Gasteiger partial charge in [-0.05, 0) is 69.1 Å². The van der Waals surface area contributed by atoms with Gasteiger partial charge in [-0.3, -0.25) is 0 Å². The van der Waals surface area contributed by atoms with Gasteiger partial charge in [-0.25, -0.2) is 0 Å². The third kappa shape index (κ3) is 4.41. The molecule has 0 saturated carbocycles. The number of nitrogens with zero attached hydrogens (tertiary/aromatic N) is 5. The van der Waals surface area contributed by atoms with E-state index in [-0.39, 0.29) is 0 Å². The van der Waals surface area contributed by atoms with E-state index in [1.165, 1.54) is 24.8 Å². The smallest absolute Gasteiger partial charge is 0.319 e. The summed E-state index contributed by atoms with van der Waals surface area (Å²) in [6.45, 7) is 4.22. The number of para-hydroxylation sites is 1. The monoisotopic (exact) mass is 500 g/mol. The van der Waals surface area contributed by atoms with E-state index in [1.54, 1.807) is 0 Å². The molecule has 2 bridgehead atoms. The van der Waals surface area contributed by atoms with E-state index in [0.29, 0.717) is 43.7 Å². The van der Waals surface area contributed by atoms with E-state index in [4.69, 9.17) is 14.7 Å². The van der Waals surface area contributed by atoms with E-state index in [1.807, 2.05) is 6.07 Å². The summed E-state index contributed by atoms with van der Waals surface area (Å²) in [6, 6.07) is 16.7. The van der Waals surface area contributed by atoms with Crippen LogP contribution in [0.1, 0.15) is 31.2 Å². The van der Waals surface area contributed by atoms with Crippen molar-refractivity contribution < 1.29 is 9.84 Å². The Balaban J connectivity index is 1.27. The molecule has 4 atom stereocenters. The zero-order chi connectivity index (χ0) is 24.9. The van der Waals surface area contributed by atoms with Crippen LogP contribution in [0.3, 0.4) is 0 Å². The number of aromatic nitrogens is 2. The number of rotatable bonds is 5. The van der Waals surface area contributed by atoms with Crippen molar-refractivity contribution in [3.63, 3.8) is 0 Å². The van der Waals surface area contributed by atoms with Crippen molar-refractivity contribution in [1.82, 2.24) is 20.2 Å². The second kappa shape index (κ2) is 9.42. The van der Waals surface area contributed by atoms with Gasteiger partial charge in [0.25, 0.3) is 0 Å². The molecule has 7 rings (SSSR count). The minimum absolute atomic E-state index is 0.398. The molecule has 2 N–H and O–H groups in total. The molecule has 0 amide bonds. The quantitative estimate of drug-likeness (QED) is 0.554. The maximum absolute atomic E-state index is 10.6. The predicted molar refractivity (Wildman–Crippen MR) is 146 cm³/mol. The minimum Gasteiger partial charge on any atom is -0.462 e. The van der Waals surface area contributed by atoms with Crippen LogP contribution < -0.4 is 19.9 Å². The lowest BCUT2D eigenvalue weighted by atomic mass is 9.99. The summed E-state index contributed by atoms with van der Waals surface area (Å²) >= 11 is 0. The molecular formula is C29H36N6O2. The van der Waals surface area contributed by atoms with Crippen molar-refractivity contribution in [3.05, 3.63) is 48.0 Å². The topological polar surface area (TPSA) is 77.0 Å². The molecule has 8 heteroatoms. The molecule has 1 unspecified atom stereocenters. The number of piperazine rings is 1. The average molecular weight is 501 g/mol. The zero-order valence-electron chi connectivity index (χ0n) is 21.5. The lowest BCUT2D eigenvalue weighted by molar-refractivity contribution is 0.178. The second-order valence-electron chi connectivity index (χ2n) is 11.3. The zero-order valence-corrected chi connectivity index (χ0v) is 21.5. The van der Waals surface area contributed by atoms with Gasteiger partial charge in [-0.1, -0.05) is 18.2 Å². The van der Waals surface area contributed by atoms with Crippen LogP contribution in [-0.4, -0.2) is 84.0 Å². The molecule has 4 aliphatic heterocycles. The lowest BCUT2D eigenvalue weighted by Crippen LogP contribution is -2.51. The van der Waals surface area contributed by atoms with Gasteiger partial charge in [0, 0.05) is 60.9 Å². The molecule has 3 saturated heterocycles. The first-order chi connectivity index (χ1) is 18.1. The van der Waals surface area contributed by atoms with Gasteiger partial charge in [0.1, 0.15) is 12.4 Å². The number of ether oxygens (including phenoxy) is 1. The number of β-amino-alcohol motifs (C(OH)–C–C–N with tert-alkyl or cyclic N) is 1. The van der Waals surface area contributed by atoms with E-state index in [2.05, 4.69) is 63.5 Å². The summed E-state index contributed by atoms with van der Waals surface area (Å²) in [5.74, 6) is 0.976. The predicted octanol–water partition coefficient (Wildman–Crippen LogP) is 3.10. The molecule has 3 fully saturated rings. The lowest BCUT2D eigenvalue weighted by Gasteiger charge is -2.35. The Bertz CT molecular complexity index is 1290. The number of anilines is 3.